The van der Waals surface area contributed by atoms with E-state index in [1.165, 1.54) is 18.4 Å². The van der Waals surface area contributed by atoms with Gasteiger partial charge < -0.3 is 10.2 Å². The van der Waals surface area contributed by atoms with Crippen LogP contribution < -0.4 is 5.32 Å². The van der Waals surface area contributed by atoms with E-state index in [-0.39, 0.29) is 0 Å². The van der Waals surface area contributed by atoms with Crippen LogP contribution in [0.5, 0.6) is 0 Å². The topological polar surface area (TPSA) is 15.3 Å². The van der Waals surface area contributed by atoms with Crippen molar-refractivity contribution in [2.75, 3.05) is 6.54 Å². The molecule has 1 N–H and O–H groups in total. The molecular weight excluding hydrogens is 342 g/mol. The number of hydrogen-bond donors (Lipinski definition) is 1. The molecule has 4 heteroatoms. The fourth-order valence-electron chi connectivity index (χ4n) is 3.21. The average Bonchev–Trinajstić information content (AvgIpc) is 2.61. The molecule has 1 atom stereocenters. The SMILES string of the molecule is C=C(NCC(C)(F)F)/C(C)=C/C=C1/CCC(CCCC)N(C(=C)CC)C1=C. The third-order valence-corrected chi connectivity index (χ3v) is 5.04. The Morgan fingerprint density at radius 1 is 1.33 bits per heavy atom. The van der Waals surface area contributed by atoms with E-state index in [4.69, 9.17) is 0 Å². The van der Waals surface area contributed by atoms with Crippen molar-refractivity contribution in [3.63, 3.8) is 0 Å². The molecule has 0 spiro atoms. The maximum atomic E-state index is 13.0. The first kappa shape index (κ1) is 23.2. The van der Waals surface area contributed by atoms with Gasteiger partial charge in [0, 0.05) is 30.1 Å². The summed E-state index contributed by atoms with van der Waals surface area (Å²) in [6.07, 6.45) is 10.5. The first-order valence-corrected chi connectivity index (χ1v) is 9.95. The Hall–Kier alpha value is -1.84. The van der Waals surface area contributed by atoms with Gasteiger partial charge in [-0.15, -0.1) is 0 Å². The van der Waals surface area contributed by atoms with Gasteiger partial charge in [-0.25, -0.2) is 8.78 Å². The molecule has 1 saturated heterocycles. The predicted octanol–water partition coefficient (Wildman–Crippen LogP) is 6.71. The molecule has 1 aliphatic rings. The lowest BCUT2D eigenvalue weighted by Crippen LogP contribution is -2.37. The van der Waals surface area contributed by atoms with Crippen molar-refractivity contribution in [3.8, 4) is 0 Å². The van der Waals surface area contributed by atoms with Gasteiger partial charge in [0.05, 0.1) is 6.54 Å². The van der Waals surface area contributed by atoms with Gasteiger partial charge in [0.25, 0.3) is 5.92 Å². The highest BCUT2D eigenvalue weighted by Gasteiger charge is 2.28. The molecule has 0 aromatic carbocycles. The van der Waals surface area contributed by atoms with Gasteiger partial charge in [-0.2, -0.15) is 0 Å². The summed E-state index contributed by atoms with van der Waals surface area (Å²) < 4.78 is 26.0. The van der Waals surface area contributed by atoms with Crippen molar-refractivity contribution in [2.45, 2.75) is 78.2 Å². The lowest BCUT2D eigenvalue weighted by Gasteiger charge is -2.41. The van der Waals surface area contributed by atoms with E-state index in [0.717, 1.165) is 49.6 Å². The van der Waals surface area contributed by atoms with Crippen molar-refractivity contribution in [1.82, 2.24) is 10.2 Å². The molecule has 1 aliphatic heterocycles. The molecule has 0 radical (unpaired) electrons. The fourth-order valence-corrected chi connectivity index (χ4v) is 3.21. The second-order valence-corrected chi connectivity index (χ2v) is 7.52. The van der Waals surface area contributed by atoms with Gasteiger partial charge in [0.1, 0.15) is 0 Å². The van der Waals surface area contributed by atoms with Crippen LogP contribution in [0.3, 0.4) is 0 Å². The van der Waals surface area contributed by atoms with Crippen LogP contribution in [-0.2, 0) is 0 Å². The molecule has 0 aromatic heterocycles. The molecule has 152 valence electrons. The molecular formula is C23H36F2N2. The van der Waals surface area contributed by atoms with E-state index in [0.29, 0.717) is 11.7 Å². The minimum Gasteiger partial charge on any atom is -0.379 e. The average molecular weight is 379 g/mol. The number of rotatable bonds is 10. The summed E-state index contributed by atoms with van der Waals surface area (Å²) in [7, 11) is 0. The Bertz CT molecular complexity index is 608. The van der Waals surface area contributed by atoms with Crippen LogP contribution in [0, 0.1) is 0 Å². The lowest BCUT2D eigenvalue weighted by molar-refractivity contribution is 0.0254. The Morgan fingerprint density at radius 2 is 2.00 bits per heavy atom. The lowest BCUT2D eigenvalue weighted by atomic mass is 9.90. The maximum absolute atomic E-state index is 13.0. The van der Waals surface area contributed by atoms with Crippen LogP contribution >= 0.6 is 0 Å². The zero-order chi connectivity index (χ0) is 20.6. The molecule has 1 heterocycles. The molecule has 1 rings (SSSR count). The first-order chi connectivity index (χ1) is 12.6. The third-order valence-electron chi connectivity index (χ3n) is 5.04. The van der Waals surface area contributed by atoms with E-state index >= 15 is 0 Å². The van der Waals surface area contributed by atoms with Crippen molar-refractivity contribution in [3.05, 3.63) is 60.1 Å². The Labute approximate surface area is 164 Å². The van der Waals surface area contributed by atoms with E-state index in [2.05, 4.69) is 43.8 Å². The number of allylic oxidation sites excluding steroid dienone is 5. The fraction of sp³-hybridized carbons (Fsp3) is 0.565. The predicted molar refractivity (Wildman–Crippen MR) is 113 cm³/mol. The quantitative estimate of drug-likeness (QED) is 0.425. The summed E-state index contributed by atoms with van der Waals surface area (Å²) in [5.41, 5.74) is 4.64. The van der Waals surface area contributed by atoms with E-state index in [1.807, 2.05) is 19.1 Å². The van der Waals surface area contributed by atoms with Crippen LogP contribution in [0.4, 0.5) is 8.78 Å². The van der Waals surface area contributed by atoms with E-state index in [1.54, 1.807) is 0 Å². The molecule has 0 amide bonds. The van der Waals surface area contributed by atoms with Gasteiger partial charge in [0.2, 0.25) is 0 Å². The molecule has 1 unspecified atom stereocenters. The molecule has 2 nitrogen and oxygen atoms in total. The number of hydrogen-bond acceptors (Lipinski definition) is 2. The van der Waals surface area contributed by atoms with Gasteiger partial charge in [-0.1, -0.05) is 58.6 Å². The van der Waals surface area contributed by atoms with E-state index in [9.17, 15) is 8.78 Å². The second kappa shape index (κ2) is 10.5. The number of nitrogens with zero attached hydrogens (tertiary/aromatic N) is 1. The molecule has 1 fully saturated rings. The number of alkyl halides is 2. The number of piperidine rings is 1. The van der Waals surface area contributed by atoms with Crippen LogP contribution in [0.15, 0.2) is 60.1 Å². The van der Waals surface area contributed by atoms with Gasteiger partial charge in [-0.3, -0.25) is 0 Å². The second-order valence-electron chi connectivity index (χ2n) is 7.52. The summed E-state index contributed by atoms with van der Waals surface area (Å²) in [5.74, 6) is -2.76. The Kier molecular flexibility index (Phi) is 9.01. The normalized spacial score (nSPS) is 20.1. The number of likely N-dealkylation sites (tertiary alicyclic amines) is 1. The standard InChI is InChI=1S/C23H36F2N2/c1-8-10-11-22-15-14-21(20(6)27(22)18(4)9-2)13-12-17(3)19(5)26-16-23(7,24)25/h12-13,22,26H,4-6,8-11,14-16H2,1-3,7H3/b17-12+,21-13-. The summed E-state index contributed by atoms with van der Waals surface area (Å²) in [6, 6.07) is 0.468. The smallest absolute Gasteiger partial charge is 0.262 e. The molecule has 0 aromatic rings. The highest BCUT2D eigenvalue weighted by atomic mass is 19.3. The summed E-state index contributed by atoms with van der Waals surface area (Å²) >= 11 is 0. The Morgan fingerprint density at radius 3 is 2.56 bits per heavy atom. The highest BCUT2D eigenvalue weighted by molar-refractivity contribution is 5.39. The van der Waals surface area contributed by atoms with Gasteiger partial charge in [0.15, 0.2) is 0 Å². The summed E-state index contributed by atoms with van der Waals surface area (Å²) in [4.78, 5) is 2.30. The zero-order valence-corrected chi connectivity index (χ0v) is 17.5. The largest absolute Gasteiger partial charge is 0.379 e. The third kappa shape index (κ3) is 7.36. The van der Waals surface area contributed by atoms with E-state index < -0.39 is 12.5 Å². The molecule has 0 aliphatic carbocycles. The number of nitrogens with one attached hydrogen (secondary N) is 1. The summed E-state index contributed by atoms with van der Waals surface area (Å²) in [6.45, 7) is 19.1. The molecule has 0 saturated carbocycles. The van der Waals surface area contributed by atoms with Crippen LogP contribution in [0.2, 0.25) is 0 Å². The monoisotopic (exact) mass is 378 g/mol. The van der Waals surface area contributed by atoms with Gasteiger partial charge >= 0.3 is 0 Å². The van der Waals surface area contributed by atoms with Crippen molar-refractivity contribution in [2.24, 2.45) is 0 Å². The number of unbranched alkanes of at least 4 members (excludes halogenated alkanes) is 1. The van der Waals surface area contributed by atoms with Crippen LogP contribution in [0.25, 0.3) is 0 Å². The molecule has 0 bridgehead atoms. The summed E-state index contributed by atoms with van der Waals surface area (Å²) in [5, 5.41) is 2.70. The molecule has 27 heavy (non-hydrogen) atoms. The van der Waals surface area contributed by atoms with Crippen molar-refractivity contribution in [1.29, 1.82) is 0 Å². The zero-order valence-electron chi connectivity index (χ0n) is 17.5. The Balaban J connectivity index is 2.88. The maximum Gasteiger partial charge on any atom is 0.262 e. The van der Waals surface area contributed by atoms with Gasteiger partial charge in [-0.05, 0) is 43.8 Å². The van der Waals surface area contributed by atoms with Crippen LogP contribution in [0.1, 0.15) is 66.2 Å². The minimum absolute atomic E-state index is 0.413. The highest BCUT2D eigenvalue weighted by Crippen LogP contribution is 2.35. The first-order valence-electron chi connectivity index (χ1n) is 9.95. The van der Waals surface area contributed by atoms with Crippen molar-refractivity contribution >= 4 is 0 Å². The van der Waals surface area contributed by atoms with Crippen LogP contribution in [-0.4, -0.2) is 23.4 Å². The minimum atomic E-state index is -2.76. The number of halogens is 2. The van der Waals surface area contributed by atoms with Crippen molar-refractivity contribution < 1.29 is 8.78 Å².